The van der Waals surface area contributed by atoms with Gasteiger partial charge in [-0.05, 0) is 44.2 Å². The molecule has 2 saturated heterocycles. The lowest BCUT2D eigenvalue weighted by Gasteiger charge is -2.39. The van der Waals surface area contributed by atoms with E-state index in [1.165, 1.54) is 16.8 Å². The number of hydrogen-bond donors (Lipinski definition) is 0. The third-order valence-electron chi connectivity index (χ3n) is 5.33. The van der Waals surface area contributed by atoms with Crippen LogP contribution in [0.4, 0.5) is 5.69 Å². The maximum atomic E-state index is 12.8. The van der Waals surface area contributed by atoms with Crippen LogP contribution in [0.25, 0.3) is 0 Å². The topological polar surface area (TPSA) is 43.9 Å². The molecule has 2 aliphatic heterocycles. The first-order valence-electron chi connectivity index (χ1n) is 8.95. The molecular weight excluding hydrogens is 322 g/mol. The molecule has 5 nitrogen and oxygen atoms in total. The Labute approximate surface area is 146 Å². The van der Waals surface area contributed by atoms with Crippen LogP contribution in [-0.4, -0.2) is 56.3 Å². The molecule has 0 aromatic heterocycles. The Morgan fingerprint density at radius 1 is 0.917 bits per heavy atom. The number of aryl methyl sites for hydroxylation is 2. The van der Waals surface area contributed by atoms with E-state index in [2.05, 4.69) is 43.9 Å². The van der Waals surface area contributed by atoms with E-state index >= 15 is 0 Å². The van der Waals surface area contributed by atoms with Gasteiger partial charge in [-0.1, -0.05) is 24.6 Å². The molecule has 0 amide bonds. The highest BCUT2D eigenvalue weighted by atomic mass is 32.2. The molecule has 3 rings (SSSR count). The lowest BCUT2D eigenvalue weighted by molar-refractivity contribution is 0.260. The van der Waals surface area contributed by atoms with E-state index in [1.54, 1.807) is 8.61 Å². The van der Waals surface area contributed by atoms with Gasteiger partial charge in [0.25, 0.3) is 10.2 Å². The van der Waals surface area contributed by atoms with E-state index in [4.69, 9.17) is 0 Å². The van der Waals surface area contributed by atoms with Gasteiger partial charge in [-0.2, -0.15) is 17.0 Å². The molecule has 0 spiro atoms. The molecule has 6 heteroatoms. The summed E-state index contributed by atoms with van der Waals surface area (Å²) >= 11 is 0. The number of piperazine rings is 1. The van der Waals surface area contributed by atoms with Gasteiger partial charge in [0.1, 0.15) is 0 Å². The number of hydrogen-bond acceptors (Lipinski definition) is 3. The van der Waals surface area contributed by atoms with E-state index in [1.807, 2.05) is 0 Å². The van der Waals surface area contributed by atoms with Crippen molar-refractivity contribution in [1.82, 2.24) is 8.61 Å². The van der Waals surface area contributed by atoms with Gasteiger partial charge < -0.3 is 4.90 Å². The summed E-state index contributed by atoms with van der Waals surface area (Å²) in [6.45, 7) is 10.4. The molecule has 2 fully saturated rings. The van der Waals surface area contributed by atoms with Gasteiger partial charge >= 0.3 is 0 Å². The van der Waals surface area contributed by atoms with Crippen LogP contribution in [0.1, 0.15) is 30.9 Å². The Morgan fingerprint density at radius 2 is 1.50 bits per heavy atom. The predicted molar refractivity (Wildman–Crippen MR) is 98.6 cm³/mol. The van der Waals surface area contributed by atoms with Gasteiger partial charge in [0.15, 0.2) is 0 Å². The Balaban J connectivity index is 1.64. The fourth-order valence-corrected chi connectivity index (χ4v) is 5.32. The first kappa shape index (κ1) is 17.7. The van der Waals surface area contributed by atoms with Gasteiger partial charge in [-0.15, -0.1) is 0 Å². The summed E-state index contributed by atoms with van der Waals surface area (Å²) in [4.78, 5) is 2.30. The highest BCUT2D eigenvalue weighted by Gasteiger charge is 2.34. The van der Waals surface area contributed by atoms with Crippen molar-refractivity contribution in [2.45, 2.75) is 33.6 Å². The average Bonchev–Trinajstić information content (AvgIpc) is 2.55. The smallest absolute Gasteiger partial charge is 0.282 e. The molecule has 0 aliphatic carbocycles. The van der Waals surface area contributed by atoms with Gasteiger partial charge in [0, 0.05) is 45.0 Å². The van der Waals surface area contributed by atoms with Crippen molar-refractivity contribution in [3.63, 3.8) is 0 Å². The maximum absolute atomic E-state index is 12.8. The van der Waals surface area contributed by atoms with Gasteiger partial charge in [-0.3, -0.25) is 0 Å². The molecule has 1 aromatic rings. The molecule has 0 bridgehead atoms. The molecule has 24 heavy (non-hydrogen) atoms. The SMILES string of the molecule is Cc1ccc(N2CCN(S(=O)(=O)N3CCC(C)CC3)CC2)c(C)c1. The zero-order chi connectivity index (χ0) is 17.3. The summed E-state index contributed by atoms with van der Waals surface area (Å²) in [6.07, 6.45) is 1.95. The van der Waals surface area contributed by atoms with Crippen LogP contribution in [0, 0.1) is 19.8 Å². The minimum atomic E-state index is -3.29. The highest BCUT2D eigenvalue weighted by molar-refractivity contribution is 7.86. The van der Waals surface area contributed by atoms with E-state index in [0.717, 1.165) is 25.9 Å². The summed E-state index contributed by atoms with van der Waals surface area (Å²) in [7, 11) is -3.29. The van der Waals surface area contributed by atoms with E-state index in [0.29, 0.717) is 32.1 Å². The zero-order valence-corrected chi connectivity index (χ0v) is 15.8. The van der Waals surface area contributed by atoms with Gasteiger partial charge in [-0.25, -0.2) is 0 Å². The Morgan fingerprint density at radius 3 is 2.08 bits per heavy atom. The lowest BCUT2D eigenvalue weighted by Crippen LogP contribution is -2.54. The third kappa shape index (κ3) is 3.60. The molecule has 0 radical (unpaired) electrons. The molecule has 0 atom stereocenters. The molecule has 134 valence electrons. The van der Waals surface area contributed by atoms with Crippen molar-refractivity contribution in [2.24, 2.45) is 5.92 Å². The maximum Gasteiger partial charge on any atom is 0.282 e. The second kappa shape index (κ2) is 7.02. The molecule has 2 heterocycles. The average molecular weight is 352 g/mol. The van der Waals surface area contributed by atoms with Gasteiger partial charge in [0.05, 0.1) is 0 Å². The molecular formula is C18H29N3O2S. The van der Waals surface area contributed by atoms with Gasteiger partial charge in [0.2, 0.25) is 0 Å². The molecule has 0 saturated carbocycles. The minimum absolute atomic E-state index is 0.571. The van der Waals surface area contributed by atoms with Crippen molar-refractivity contribution in [2.75, 3.05) is 44.2 Å². The van der Waals surface area contributed by atoms with Crippen molar-refractivity contribution in [1.29, 1.82) is 0 Å². The number of benzene rings is 1. The lowest BCUT2D eigenvalue weighted by atomic mass is 10.0. The van der Waals surface area contributed by atoms with Crippen molar-refractivity contribution in [3.05, 3.63) is 29.3 Å². The largest absolute Gasteiger partial charge is 0.369 e. The third-order valence-corrected chi connectivity index (χ3v) is 7.36. The Kier molecular flexibility index (Phi) is 5.18. The quantitative estimate of drug-likeness (QED) is 0.840. The predicted octanol–water partition coefficient (Wildman–Crippen LogP) is 2.40. The second-order valence-electron chi connectivity index (χ2n) is 7.27. The second-order valence-corrected chi connectivity index (χ2v) is 9.19. The summed E-state index contributed by atoms with van der Waals surface area (Å²) < 4.78 is 29.0. The fraction of sp³-hybridized carbons (Fsp3) is 0.667. The number of nitrogens with zero attached hydrogens (tertiary/aromatic N) is 3. The molecule has 1 aromatic carbocycles. The zero-order valence-electron chi connectivity index (χ0n) is 15.0. The van der Waals surface area contributed by atoms with Crippen LogP contribution in [0.2, 0.25) is 0 Å². The summed E-state index contributed by atoms with van der Waals surface area (Å²) in [6, 6.07) is 6.47. The normalized spacial score (nSPS) is 22.0. The standard InChI is InChI=1S/C18H29N3O2S/c1-15-6-8-20(9-7-15)24(22,23)21-12-10-19(11-13-21)18-5-4-16(2)14-17(18)3/h4-5,14-15H,6-13H2,1-3H3. The van der Waals surface area contributed by atoms with E-state index in [-0.39, 0.29) is 0 Å². The number of rotatable bonds is 3. The van der Waals surface area contributed by atoms with Crippen molar-refractivity contribution in [3.8, 4) is 0 Å². The van der Waals surface area contributed by atoms with E-state index < -0.39 is 10.2 Å². The van der Waals surface area contributed by atoms with Crippen LogP contribution in [0.3, 0.4) is 0 Å². The molecule has 0 N–H and O–H groups in total. The first-order valence-corrected chi connectivity index (χ1v) is 10.3. The number of piperidine rings is 1. The monoisotopic (exact) mass is 351 g/mol. The first-order chi connectivity index (χ1) is 11.4. The Bertz CT molecular complexity index is 674. The summed E-state index contributed by atoms with van der Waals surface area (Å²) in [5.41, 5.74) is 3.75. The Hall–Kier alpha value is -1.11. The fourth-order valence-electron chi connectivity index (χ4n) is 3.70. The summed E-state index contributed by atoms with van der Waals surface area (Å²) in [5.74, 6) is 0.637. The van der Waals surface area contributed by atoms with E-state index in [9.17, 15) is 8.42 Å². The van der Waals surface area contributed by atoms with Crippen LogP contribution < -0.4 is 4.90 Å². The van der Waals surface area contributed by atoms with Crippen LogP contribution in [-0.2, 0) is 10.2 Å². The number of anilines is 1. The van der Waals surface area contributed by atoms with Crippen molar-refractivity contribution < 1.29 is 8.42 Å². The summed E-state index contributed by atoms with van der Waals surface area (Å²) in [5, 5.41) is 0. The molecule has 0 unspecified atom stereocenters. The van der Waals surface area contributed by atoms with Crippen LogP contribution in [0.5, 0.6) is 0 Å². The van der Waals surface area contributed by atoms with Crippen molar-refractivity contribution >= 4 is 15.9 Å². The molecule has 2 aliphatic rings. The highest BCUT2D eigenvalue weighted by Crippen LogP contribution is 2.25. The van der Waals surface area contributed by atoms with Crippen LogP contribution in [0.15, 0.2) is 18.2 Å². The van der Waals surface area contributed by atoms with Crippen LogP contribution >= 0.6 is 0 Å². The minimum Gasteiger partial charge on any atom is -0.369 e.